The molecule has 2 N–H and O–H groups in total. The van der Waals surface area contributed by atoms with E-state index in [2.05, 4.69) is 45.9 Å². The zero-order chi connectivity index (χ0) is 12.2. The van der Waals surface area contributed by atoms with Gasteiger partial charge in [0, 0.05) is 51.2 Å². The number of hydrogen-bond donors (Lipinski definition) is 2. The van der Waals surface area contributed by atoms with Crippen LogP contribution in [-0.4, -0.2) is 50.2 Å². The first-order valence-corrected chi connectivity index (χ1v) is 7.15. The highest BCUT2D eigenvalue weighted by Crippen LogP contribution is 2.40. The highest BCUT2D eigenvalue weighted by molar-refractivity contribution is 5.27. The lowest BCUT2D eigenvalue weighted by atomic mass is 10.1. The molecular formula is C15H23N3. The third-order valence-corrected chi connectivity index (χ3v) is 4.06. The summed E-state index contributed by atoms with van der Waals surface area (Å²) in [6.45, 7) is 7.03. The van der Waals surface area contributed by atoms with Crippen LogP contribution in [0.15, 0.2) is 30.3 Å². The van der Waals surface area contributed by atoms with Crippen molar-refractivity contribution in [3.63, 3.8) is 0 Å². The molecule has 0 aromatic heterocycles. The molecule has 1 aromatic carbocycles. The maximum Gasteiger partial charge on any atom is 0.0143 e. The molecule has 3 nitrogen and oxygen atoms in total. The first kappa shape index (κ1) is 12.2. The van der Waals surface area contributed by atoms with Crippen LogP contribution in [0.25, 0.3) is 0 Å². The van der Waals surface area contributed by atoms with E-state index in [-0.39, 0.29) is 0 Å². The Kier molecular flexibility index (Phi) is 3.93. The molecule has 1 saturated carbocycles. The minimum Gasteiger partial charge on any atom is -0.314 e. The average Bonchev–Trinajstić information content (AvgIpc) is 3.21. The van der Waals surface area contributed by atoms with Gasteiger partial charge in [-0.25, -0.2) is 0 Å². The Morgan fingerprint density at radius 2 is 1.94 bits per heavy atom. The van der Waals surface area contributed by atoms with Crippen molar-refractivity contribution in [2.75, 3.05) is 39.3 Å². The van der Waals surface area contributed by atoms with Gasteiger partial charge < -0.3 is 10.6 Å². The van der Waals surface area contributed by atoms with Gasteiger partial charge in [0.25, 0.3) is 0 Å². The van der Waals surface area contributed by atoms with E-state index in [9.17, 15) is 0 Å². The highest BCUT2D eigenvalue weighted by atomic mass is 15.2. The van der Waals surface area contributed by atoms with Crippen molar-refractivity contribution in [3.8, 4) is 0 Å². The molecule has 2 atom stereocenters. The molecule has 0 radical (unpaired) electrons. The third-order valence-electron chi connectivity index (χ3n) is 4.06. The molecule has 98 valence electrons. The summed E-state index contributed by atoms with van der Waals surface area (Å²) in [6.07, 6.45) is 1.31. The lowest BCUT2D eigenvalue weighted by Crippen LogP contribution is -2.46. The zero-order valence-corrected chi connectivity index (χ0v) is 10.9. The van der Waals surface area contributed by atoms with Crippen molar-refractivity contribution in [2.24, 2.45) is 0 Å². The Hall–Kier alpha value is -0.900. The first-order chi connectivity index (χ1) is 8.93. The topological polar surface area (TPSA) is 27.3 Å². The molecule has 3 heteroatoms. The van der Waals surface area contributed by atoms with Gasteiger partial charge in [-0.2, -0.15) is 0 Å². The van der Waals surface area contributed by atoms with E-state index in [0.717, 1.165) is 31.6 Å². The molecule has 1 heterocycles. The number of hydrogen-bond acceptors (Lipinski definition) is 3. The van der Waals surface area contributed by atoms with Crippen molar-refractivity contribution in [1.82, 2.24) is 15.5 Å². The fourth-order valence-electron chi connectivity index (χ4n) is 2.83. The molecule has 18 heavy (non-hydrogen) atoms. The van der Waals surface area contributed by atoms with Crippen molar-refractivity contribution < 1.29 is 0 Å². The van der Waals surface area contributed by atoms with Crippen LogP contribution < -0.4 is 10.6 Å². The van der Waals surface area contributed by atoms with Gasteiger partial charge in [-0.15, -0.1) is 0 Å². The fraction of sp³-hybridized carbons (Fsp3) is 0.600. The van der Waals surface area contributed by atoms with Crippen molar-refractivity contribution in [1.29, 1.82) is 0 Å². The Morgan fingerprint density at radius 3 is 2.72 bits per heavy atom. The molecule has 0 bridgehead atoms. The molecule has 1 aromatic rings. The van der Waals surface area contributed by atoms with Crippen molar-refractivity contribution in [3.05, 3.63) is 35.9 Å². The molecule has 2 fully saturated rings. The maximum atomic E-state index is 3.69. The predicted octanol–water partition coefficient (Wildman–Crippen LogP) is 1.04. The SMILES string of the molecule is c1ccc([C@H]2CC2NCCN2CCNCC2)cc1. The number of nitrogens with zero attached hydrogens (tertiary/aromatic N) is 1. The summed E-state index contributed by atoms with van der Waals surface area (Å²) in [4.78, 5) is 2.55. The monoisotopic (exact) mass is 245 g/mol. The molecule has 0 spiro atoms. The van der Waals surface area contributed by atoms with Crippen LogP contribution in [0.2, 0.25) is 0 Å². The van der Waals surface area contributed by atoms with Crippen molar-refractivity contribution in [2.45, 2.75) is 18.4 Å². The lowest BCUT2D eigenvalue weighted by Gasteiger charge is -2.27. The van der Waals surface area contributed by atoms with Gasteiger partial charge in [0.05, 0.1) is 0 Å². The third kappa shape index (κ3) is 3.10. The maximum absolute atomic E-state index is 3.69. The fourth-order valence-corrected chi connectivity index (χ4v) is 2.83. The second-order valence-electron chi connectivity index (χ2n) is 5.41. The molecule has 2 aliphatic rings. The van der Waals surface area contributed by atoms with Gasteiger partial charge >= 0.3 is 0 Å². The Morgan fingerprint density at radius 1 is 1.17 bits per heavy atom. The van der Waals surface area contributed by atoms with E-state index in [0.29, 0.717) is 0 Å². The normalized spacial score (nSPS) is 28.2. The average molecular weight is 245 g/mol. The summed E-state index contributed by atoms with van der Waals surface area (Å²) in [5.41, 5.74) is 1.50. The van der Waals surface area contributed by atoms with E-state index in [4.69, 9.17) is 0 Å². The van der Waals surface area contributed by atoms with E-state index in [1.807, 2.05) is 0 Å². The molecule has 3 rings (SSSR count). The molecule has 1 saturated heterocycles. The summed E-state index contributed by atoms with van der Waals surface area (Å²) in [7, 11) is 0. The predicted molar refractivity (Wildman–Crippen MR) is 74.9 cm³/mol. The Balaban J connectivity index is 1.36. The Bertz CT molecular complexity index is 359. The second kappa shape index (κ2) is 5.83. The van der Waals surface area contributed by atoms with E-state index in [1.165, 1.54) is 31.6 Å². The number of rotatable bonds is 5. The molecular weight excluding hydrogens is 222 g/mol. The second-order valence-corrected chi connectivity index (χ2v) is 5.41. The van der Waals surface area contributed by atoms with E-state index in [1.54, 1.807) is 0 Å². The largest absolute Gasteiger partial charge is 0.314 e. The summed E-state index contributed by atoms with van der Waals surface area (Å²) in [6, 6.07) is 11.6. The van der Waals surface area contributed by atoms with Gasteiger partial charge in [-0.05, 0) is 12.0 Å². The highest BCUT2D eigenvalue weighted by Gasteiger charge is 2.37. The van der Waals surface area contributed by atoms with Crippen LogP contribution in [0.4, 0.5) is 0 Å². The Labute approximate surface area is 110 Å². The van der Waals surface area contributed by atoms with Crippen LogP contribution in [0.5, 0.6) is 0 Å². The molecule has 1 aliphatic heterocycles. The minimum absolute atomic E-state index is 0.718. The number of nitrogens with one attached hydrogen (secondary N) is 2. The van der Waals surface area contributed by atoms with Gasteiger partial charge in [-0.1, -0.05) is 30.3 Å². The standard InChI is InChI=1S/C15H23N3/c1-2-4-13(5-3-1)14-12-15(14)17-8-11-18-9-6-16-7-10-18/h1-5,14-17H,6-12H2/t14-,15?/m1/s1. The van der Waals surface area contributed by atoms with E-state index >= 15 is 0 Å². The lowest BCUT2D eigenvalue weighted by molar-refractivity contribution is 0.241. The summed E-state index contributed by atoms with van der Waals surface area (Å²) in [5, 5.41) is 7.08. The van der Waals surface area contributed by atoms with Gasteiger partial charge in [0.15, 0.2) is 0 Å². The molecule has 1 unspecified atom stereocenters. The number of piperazine rings is 1. The van der Waals surface area contributed by atoms with Gasteiger partial charge in [0.2, 0.25) is 0 Å². The summed E-state index contributed by atoms with van der Waals surface area (Å²) >= 11 is 0. The van der Waals surface area contributed by atoms with Gasteiger partial charge in [0.1, 0.15) is 0 Å². The van der Waals surface area contributed by atoms with Crippen molar-refractivity contribution >= 4 is 0 Å². The first-order valence-electron chi connectivity index (χ1n) is 7.15. The van der Waals surface area contributed by atoms with Crippen LogP contribution in [0, 0.1) is 0 Å². The summed E-state index contributed by atoms with van der Waals surface area (Å²) in [5.74, 6) is 0.759. The van der Waals surface area contributed by atoms with Crippen LogP contribution in [0.1, 0.15) is 17.9 Å². The molecule has 1 aliphatic carbocycles. The smallest absolute Gasteiger partial charge is 0.0143 e. The number of benzene rings is 1. The summed E-state index contributed by atoms with van der Waals surface area (Å²) < 4.78 is 0. The van der Waals surface area contributed by atoms with Crippen LogP contribution in [0.3, 0.4) is 0 Å². The quantitative estimate of drug-likeness (QED) is 0.811. The van der Waals surface area contributed by atoms with Gasteiger partial charge in [-0.3, -0.25) is 4.90 Å². The van der Waals surface area contributed by atoms with E-state index < -0.39 is 0 Å². The van der Waals surface area contributed by atoms with Crippen LogP contribution >= 0.6 is 0 Å². The van der Waals surface area contributed by atoms with Crippen LogP contribution in [-0.2, 0) is 0 Å². The molecule has 0 amide bonds. The minimum atomic E-state index is 0.718. The zero-order valence-electron chi connectivity index (χ0n) is 10.9.